The van der Waals surface area contributed by atoms with Crippen molar-refractivity contribution in [1.82, 2.24) is 5.32 Å². The van der Waals surface area contributed by atoms with Gasteiger partial charge in [0.05, 0.1) is 12.2 Å². The Morgan fingerprint density at radius 3 is 1.54 bits per heavy atom. The van der Waals surface area contributed by atoms with Crippen LogP contribution in [0, 0.1) is 34.5 Å². The molecule has 2 saturated heterocycles. The molecular formula is C32H43NO8. The molecule has 7 unspecified atom stereocenters. The number of ketones is 1. The number of allylic oxidation sites excluding steroid dienone is 1. The molecule has 0 aromatic carbocycles. The third kappa shape index (κ3) is 5.09. The first-order chi connectivity index (χ1) is 18.9. The maximum absolute atomic E-state index is 11.9. The van der Waals surface area contributed by atoms with Gasteiger partial charge in [0.15, 0.2) is 11.9 Å². The Morgan fingerprint density at radius 2 is 1.15 bits per heavy atom. The van der Waals surface area contributed by atoms with E-state index in [1.807, 2.05) is 0 Å². The summed E-state index contributed by atoms with van der Waals surface area (Å²) < 4.78 is 21.7. The molecule has 6 aliphatic carbocycles. The summed E-state index contributed by atoms with van der Waals surface area (Å²) in [5, 5.41) is 2.59. The van der Waals surface area contributed by atoms with Crippen LogP contribution in [0.4, 0.5) is 0 Å². The second-order valence-corrected chi connectivity index (χ2v) is 14.2. The number of ether oxygens (including phenoxy) is 4. The fraction of sp³-hybridized carbons (Fsp3) is 0.688. The Labute approximate surface area is 242 Å². The molecule has 9 nitrogen and oxygen atoms in total. The van der Waals surface area contributed by atoms with Gasteiger partial charge >= 0.3 is 11.9 Å². The van der Waals surface area contributed by atoms with Gasteiger partial charge in [0, 0.05) is 26.0 Å². The van der Waals surface area contributed by atoms with Crippen molar-refractivity contribution < 1.29 is 38.1 Å². The first-order valence-corrected chi connectivity index (χ1v) is 14.6. The Hall–Kier alpha value is -2.78. The monoisotopic (exact) mass is 569 g/mol. The Morgan fingerprint density at radius 1 is 0.707 bits per heavy atom. The third-order valence-corrected chi connectivity index (χ3v) is 10.6. The number of fused-ring (bicyclic) bond motifs is 4. The first kappa shape index (κ1) is 29.7. The lowest BCUT2D eigenvalue weighted by atomic mass is 9.47. The summed E-state index contributed by atoms with van der Waals surface area (Å²) in [6.45, 7) is 23.9. The van der Waals surface area contributed by atoms with Crippen LogP contribution >= 0.6 is 0 Å². The number of rotatable bonds is 4. The molecule has 0 aromatic heterocycles. The van der Waals surface area contributed by atoms with Crippen molar-refractivity contribution >= 4 is 23.6 Å². The molecule has 1 amide bonds. The predicted octanol–water partition coefficient (Wildman–Crippen LogP) is 4.16. The molecule has 0 spiro atoms. The number of carbonyl (C=O) groups is 4. The molecule has 0 aromatic rings. The van der Waals surface area contributed by atoms with Gasteiger partial charge in [0.2, 0.25) is 0 Å². The van der Waals surface area contributed by atoms with E-state index in [2.05, 4.69) is 52.7 Å². The summed E-state index contributed by atoms with van der Waals surface area (Å²) in [5.74, 6) is -1.18. The van der Waals surface area contributed by atoms with E-state index in [4.69, 9.17) is 18.9 Å². The summed E-state index contributed by atoms with van der Waals surface area (Å²) in [7, 11) is 0. The van der Waals surface area contributed by atoms with Crippen LogP contribution in [0.1, 0.15) is 73.6 Å². The molecule has 1 N–H and O–H groups in total. The summed E-state index contributed by atoms with van der Waals surface area (Å²) in [6, 6.07) is 0. The van der Waals surface area contributed by atoms with E-state index in [0.717, 1.165) is 36.8 Å². The first-order valence-electron chi connectivity index (χ1n) is 14.6. The minimum Gasteiger partial charge on any atom is -0.421 e. The van der Waals surface area contributed by atoms with Crippen LogP contribution < -0.4 is 5.32 Å². The SMILES string of the molecule is C=C1C(OC2C(=O)OC(C)(C)OC2=O)CC2CC1C2(C)C.C=C1CC(=O)C(OC2CC3CC(C2=C)C3(C)C)C(=O)N1. The van der Waals surface area contributed by atoms with Crippen molar-refractivity contribution in [2.45, 2.75) is 104 Å². The van der Waals surface area contributed by atoms with E-state index in [1.54, 1.807) is 0 Å². The van der Waals surface area contributed by atoms with Crippen LogP contribution in [0.15, 0.2) is 36.6 Å². The van der Waals surface area contributed by atoms with Crippen molar-refractivity contribution in [3.05, 3.63) is 36.6 Å². The van der Waals surface area contributed by atoms with E-state index in [9.17, 15) is 19.2 Å². The average Bonchev–Trinajstić information content (AvgIpc) is 2.84. The number of Topliss-reactive ketones (excluding diaryl/α,β-unsaturated/α-hetero) is 1. The average molecular weight is 570 g/mol. The van der Waals surface area contributed by atoms with E-state index in [-0.39, 0.29) is 35.2 Å². The second-order valence-electron chi connectivity index (χ2n) is 14.2. The van der Waals surface area contributed by atoms with Gasteiger partial charge in [0.25, 0.3) is 17.8 Å². The van der Waals surface area contributed by atoms with Gasteiger partial charge in [-0.15, -0.1) is 0 Å². The lowest BCUT2D eigenvalue weighted by molar-refractivity contribution is -0.253. The summed E-state index contributed by atoms with van der Waals surface area (Å²) in [5.41, 5.74) is 3.00. The fourth-order valence-corrected chi connectivity index (χ4v) is 7.66. The van der Waals surface area contributed by atoms with Gasteiger partial charge < -0.3 is 24.3 Å². The minimum atomic E-state index is -1.29. The molecule has 9 heteroatoms. The zero-order valence-electron chi connectivity index (χ0n) is 25.0. The number of esters is 2. The van der Waals surface area contributed by atoms with Crippen LogP contribution in [0.25, 0.3) is 0 Å². The Kier molecular flexibility index (Phi) is 7.17. The predicted molar refractivity (Wildman–Crippen MR) is 149 cm³/mol. The standard InChI is InChI=1S/C16H21NO3.C16H22O5/c1-8-5-12(18)14(15(19)17-8)20-13-7-10-6-11(9(13)2)16(10,3)4;1-8-10-6-9(15(10,2)3)7-11(8)19-12-13(17)20-16(4,5)21-14(12)18/h10-11,13-14H,1-2,5-7H2,3-4H3,(H,17,19);9-12H,1,6-7H2,2-5H3. The van der Waals surface area contributed by atoms with Crippen molar-refractivity contribution in [2.75, 3.05) is 0 Å². The smallest absolute Gasteiger partial charge is 0.350 e. The topological polar surface area (TPSA) is 117 Å². The van der Waals surface area contributed by atoms with Gasteiger partial charge in [-0.25, -0.2) is 9.59 Å². The van der Waals surface area contributed by atoms with Gasteiger partial charge in [-0.05, 0) is 71.3 Å². The number of carbonyl (C=O) groups excluding carboxylic acids is 4. The fourth-order valence-electron chi connectivity index (χ4n) is 7.66. The third-order valence-electron chi connectivity index (χ3n) is 10.6. The van der Waals surface area contributed by atoms with Crippen LogP contribution in [-0.4, -0.2) is 53.8 Å². The van der Waals surface area contributed by atoms with E-state index in [0.29, 0.717) is 29.4 Å². The normalized spacial score (nSPS) is 38.4. The molecule has 2 aliphatic heterocycles. The van der Waals surface area contributed by atoms with Gasteiger partial charge in [-0.1, -0.05) is 47.4 Å². The van der Waals surface area contributed by atoms with E-state index < -0.39 is 35.8 Å². The number of cyclic esters (lactones) is 2. The van der Waals surface area contributed by atoms with Crippen LogP contribution in [0.3, 0.4) is 0 Å². The molecule has 8 aliphatic rings. The zero-order chi connectivity index (χ0) is 30.2. The molecule has 7 atom stereocenters. The number of hydrogen-bond donors (Lipinski definition) is 1. The lowest BCUT2D eigenvalue weighted by Crippen LogP contribution is -2.57. The number of nitrogens with one attached hydrogen (secondary N) is 1. The van der Waals surface area contributed by atoms with E-state index in [1.165, 1.54) is 13.8 Å². The number of piperidine rings is 1. The van der Waals surface area contributed by atoms with Crippen LogP contribution in [0.5, 0.6) is 0 Å². The second kappa shape index (κ2) is 9.90. The zero-order valence-corrected chi connectivity index (χ0v) is 25.0. The molecule has 8 fully saturated rings. The minimum absolute atomic E-state index is 0.161. The molecule has 8 rings (SSSR count). The quantitative estimate of drug-likeness (QED) is 0.305. The highest BCUT2D eigenvalue weighted by molar-refractivity contribution is 6.08. The highest BCUT2D eigenvalue weighted by Crippen LogP contribution is 2.62. The van der Waals surface area contributed by atoms with Crippen molar-refractivity contribution in [1.29, 1.82) is 0 Å². The van der Waals surface area contributed by atoms with Crippen LogP contribution in [-0.2, 0) is 38.1 Å². The number of amides is 1. The summed E-state index contributed by atoms with van der Waals surface area (Å²) in [4.78, 5) is 47.7. The highest BCUT2D eigenvalue weighted by Gasteiger charge is 2.57. The Bertz CT molecular complexity index is 1190. The molecule has 41 heavy (non-hydrogen) atoms. The molecule has 0 radical (unpaired) electrons. The van der Waals surface area contributed by atoms with Crippen LogP contribution in [0.2, 0.25) is 0 Å². The van der Waals surface area contributed by atoms with Gasteiger partial charge in [-0.2, -0.15) is 0 Å². The van der Waals surface area contributed by atoms with Crippen molar-refractivity contribution in [3.8, 4) is 0 Å². The molecule has 224 valence electrons. The number of hydrogen-bond acceptors (Lipinski definition) is 8. The van der Waals surface area contributed by atoms with E-state index >= 15 is 0 Å². The highest BCUT2D eigenvalue weighted by atomic mass is 16.8. The maximum atomic E-state index is 11.9. The van der Waals surface area contributed by atoms with Gasteiger partial charge in [-0.3, -0.25) is 9.59 Å². The summed E-state index contributed by atoms with van der Waals surface area (Å²) in [6.07, 6.45) is 1.37. The largest absolute Gasteiger partial charge is 0.421 e. The summed E-state index contributed by atoms with van der Waals surface area (Å²) >= 11 is 0. The van der Waals surface area contributed by atoms with Gasteiger partial charge in [0.1, 0.15) is 0 Å². The molecule has 2 heterocycles. The Balaban J connectivity index is 0.000000165. The molecule has 6 saturated carbocycles. The lowest BCUT2D eigenvalue weighted by Gasteiger charge is -2.59. The van der Waals surface area contributed by atoms with Crippen molar-refractivity contribution in [3.63, 3.8) is 0 Å². The molecule has 4 bridgehead atoms. The van der Waals surface area contributed by atoms with Crippen molar-refractivity contribution in [2.24, 2.45) is 34.5 Å². The maximum Gasteiger partial charge on any atom is 0.350 e. The molecular weight excluding hydrogens is 526 g/mol.